The first-order valence-corrected chi connectivity index (χ1v) is 14.3. The molecule has 1 saturated heterocycles. The Morgan fingerprint density at radius 3 is 2.23 bits per heavy atom. The molecule has 1 aromatic heterocycles. The van der Waals surface area contributed by atoms with E-state index in [4.69, 9.17) is 10.5 Å². The summed E-state index contributed by atoms with van der Waals surface area (Å²) in [6, 6.07) is 16.5. The largest absolute Gasteiger partial charge is 0.444 e. The molecule has 2 atom stereocenters. The van der Waals surface area contributed by atoms with Crippen LogP contribution in [0.5, 0.6) is 0 Å². The van der Waals surface area contributed by atoms with Crippen molar-refractivity contribution in [1.82, 2.24) is 14.9 Å². The highest BCUT2D eigenvalue weighted by atomic mass is 19.4. The molecule has 43 heavy (non-hydrogen) atoms. The van der Waals surface area contributed by atoms with Crippen LogP contribution < -0.4 is 11.1 Å². The number of likely N-dealkylation sites (tertiary alicyclic amines) is 1. The van der Waals surface area contributed by atoms with E-state index in [0.29, 0.717) is 18.8 Å². The van der Waals surface area contributed by atoms with Gasteiger partial charge in [-0.05, 0) is 69.2 Å². The van der Waals surface area contributed by atoms with Crippen molar-refractivity contribution in [3.63, 3.8) is 0 Å². The summed E-state index contributed by atoms with van der Waals surface area (Å²) >= 11 is 0. The van der Waals surface area contributed by atoms with Crippen molar-refractivity contribution in [1.29, 1.82) is 0 Å². The summed E-state index contributed by atoms with van der Waals surface area (Å²) in [7, 11) is 0. The van der Waals surface area contributed by atoms with Gasteiger partial charge in [0.25, 0.3) is 0 Å². The van der Waals surface area contributed by atoms with Crippen LogP contribution in [0.1, 0.15) is 74.8 Å². The summed E-state index contributed by atoms with van der Waals surface area (Å²) in [6.07, 6.45) is -2.55. The first-order valence-electron chi connectivity index (χ1n) is 14.3. The lowest BCUT2D eigenvalue weighted by molar-refractivity contribution is -0.139. The van der Waals surface area contributed by atoms with Crippen molar-refractivity contribution in [2.45, 2.75) is 70.6 Å². The number of nitrogens with zero attached hydrogens (tertiary/aromatic N) is 3. The van der Waals surface area contributed by atoms with E-state index in [-0.39, 0.29) is 30.1 Å². The summed E-state index contributed by atoms with van der Waals surface area (Å²) in [5, 5.41) is 3.01. The highest BCUT2D eigenvalue weighted by Crippen LogP contribution is 2.39. The van der Waals surface area contributed by atoms with Gasteiger partial charge in [0.2, 0.25) is 11.9 Å². The first kappa shape index (κ1) is 31.8. The molecule has 1 aliphatic rings. The number of alkyl halides is 3. The van der Waals surface area contributed by atoms with E-state index in [1.807, 2.05) is 51.1 Å². The SMILES string of the molecule is CC(C(N)=O)C(Cc1ccccc1)c1nc(Nc2ccc(C3CCN(C(=O)OC(C)(C)C)CC3)cc2)ncc1C(F)(F)F. The Hall–Kier alpha value is -4.15. The number of aromatic nitrogens is 2. The summed E-state index contributed by atoms with van der Waals surface area (Å²) in [6.45, 7) is 8.23. The maximum absolute atomic E-state index is 14.1. The number of nitrogens with two attached hydrogens (primary N) is 1. The number of rotatable bonds is 8. The molecule has 3 aromatic rings. The fourth-order valence-electron chi connectivity index (χ4n) is 5.22. The van der Waals surface area contributed by atoms with Crippen molar-refractivity contribution in [3.8, 4) is 0 Å². The van der Waals surface area contributed by atoms with Crippen molar-refractivity contribution in [2.24, 2.45) is 11.7 Å². The van der Waals surface area contributed by atoms with Crippen LogP contribution in [0.3, 0.4) is 0 Å². The minimum Gasteiger partial charge on any atom is -0.444 e. The molecule has 230 valence electrons. The lowest BCUT2D eigenvalue weighted by atomic mass is 9.83. The lowest BCUT2D eigenvalue weighted by Gasteiger charge is -2.33. The van der Waals surface area contributed by atoms with E-state index in [1.165, 1.54) is 6.92 Å². The molecule has 0 radical (unpaired) electrons. The van der Waals surface area contributed by atoms with Crippen molar-refractivity contribution < 1.29 is 27.5 Å². The zero-order valence-electron chi connectivity index (χ0n) is 24.8. The highest BCUT2D eigenvalue weighted by molar-refractivity contribution is 5.77. The van der Waals surface area contributed by atoms with Crippen LogP contribution >= 0.6 is 0 Å². The number of halogens is 3. The third kappa shape index (κ3) is 8.46. The molecule has 1 aliphatic heterocycles. The molecule has 2 aromatic carbocycles. The highest BCUT2D eigenvalue weighted by Gasteiger charge is 2.39. The van der Waals surface area contributed by atoms with E-state index < -0.39 is 35.1 Å². The summed E-state index contributed by atoms with van der Waals surface area (Å²) in [5.74, 6) is -2.30. The molecule has 11 heteroatoms. The number of carbonyl (C=O) groups excluding carboxylic acids is 2. The van der Waals surface area contributed by atoms with E-state index in [2.05, 4.69) is 15.3 Å². The van der Waals surface area contributed by atoms with Crippen LogP contribution in [0, 0.1) is 5.92 Å². The van der Waals surface area contributed by atoms with E-state index in [9.17, 15) is 22.8 Å². The Morgan fingerprint density at radius 2 is 1.67 bits per heavy atom. The van der Waals surface area contributed by atoms with E-state index >= 15 is 0 Å². The molecule has 0 bridgehead atoms. The Morgan fingerprint density at radius 1 is 1.05 bits per heavy atom. The van der Waals surface area contributed by atoms with E-state index in [1.54, 1.807) is 29.2 Å². The van der Waals surface area contributed by atoms with Gasteiger partial charge >= 0.3 is 12.3 Å². The molecule has 2 unspecified atom stereocenters. The Bertz CT molecular complexity index is 1400. The van der Waals surface area contributed by atoms with Gasteiger partial charge in [-0.25, -0.2) is 14.8 Å². The second-order valence-corrected chi connectivity index (χ2v) is 12.0. The van der Waals surface area contributed by atoms with Gasteiger partial charge in [-0.1, -0.05) is 49.4 Å². The Balaban J connectivity index is 1.52. The average molecular weight is 598 g/mol. The Labute approximate surface area is 249 Å². The van der Waals surface area contributed by atoms with Gasteiger partial charge in [-0.15, -0.1) is 0 Å². The molecule has 0 aliphatic carbocycles. The summed E-state index contributed by atoms with van der Waals surface area (Å²) in [4.78, 5) is 34.5. The second-order valence-electron chi connectivity index (χ2n) is 12.0. The molecule has 8 nitrogen and oxygen atoms in total. The van der Waals surface area contributed by atoms with Gasteiger partial charge in [0, 0.05) is 36.8 Å². The van der Waals surface area contributed by atoms with Crippen molar-refractivity contribution in [2.75, 3.05) is 18.4 Å². The first-order chi connectivity index (χ1) is 20.2. The van der Waals surface area contributed by atoms with Gasteiger partial charge in [-0.2, -0.15) is 13.2 Å². The van der Waals surface area contributed by atoms with Crippen LogP contribution in [0.2, 0.25) is 0 Å². The third-order valence-electron chi connectivity index (χ3n) is 7.61. The second kappa shape index (κ2) is 13.0. The molecule has 2 amide bonds. The molecule has 3 N–H and O–H groups in total. The van der Waals surface area contributed by atoms with Gasteiger partial charge in [-0.3, -0.25) is 4.79 Å². The number of hydrogen-bond acceptors (Lipinski definition) is 6. The predicted molar refractivity (Wildman–Crippen MR) is 158 cm³/mol. The number of primary amides is 1. The maximum Gasteiger partial charge on any atom is 0.419 e. The number of anilines is 2. The van der Waals surface area contributed by atoms with Gasteiger partial charge in [0.15, 0.2) is 0 Å². The number of hydrogen-bond donors (Lipinski definition) is 2. The number of benzene rings is 2. The normalized spacial score (nSPS) is 15.9. The molecular formula is C32H38F3N5O3. The number of carbonyl (C=O) groups is 2. The van der Waals surface area contributed by atoms with E-state index in [0.717, 1.165) is 30.2 Å². The zero-order chi connectivity index (χ0) is 31.4. The zero-order valence-corrected chi connectivity index (χ0v) is 24.8. The van der Waals surface area contributed by atoms with Gasteiger partial charge in [0.05, 0.1) is 11.3 Å². The molecule has 0 saturated carbocycles. The topological polar surface area (TPSA) is 110 Å². The smallest absolute Gasteiger partial charge is 0.419 e. The van der Waals surface area contributed by atoms with Crippen LogP contribution in [-0.4, -0.2) is 45.6 Å². The molecule has 2 heterocycles. The van der Waals surface area contributed by atoms with Gasteiger partial charge in [0.1, 0.15) is 5.60 Å². The molecule has 4 rings (SSSR count). The summed E-state index contributed by atoms with van der Waals surface area (Å²) < 4.78 is 47.7. The van der Waals surface area contributed by atoms with Crippen LogP contribution in [0.25, 0.3) is 0 Å². The minimum atomic E-state index is -4.72. The van der Waals surface area contributed by atoms with Crippen molar-refractivity contribution >= 4 is 23.6 Å². The quantitative estimate of drug-likeness (QED) is 0.296. The van der Waals surface area contributed by atoms with Crippen LogP contribution in [-0.2, 0) is 22.1 Å². The Kier molecular flexibility index (Phi) is 9.62. The molecule has 1 fully saturated rings. The van der Waals surface area contributed by atoms with Gasteiger partial charge < -0.3 is 20.7 Å². The number of nitrogens with one attached hydrogen (secondary N) is 1. The average Bonchev–Trinajstić information content (AvgIpc) is 2.95. The fraction of sp³-hybridized carbons (Fsp3) is 0.438. The predicted octanol–water partition coefficient (Wildman–Crippen LogP) is 6.80. The molecular weight excluding hydrogens is 559 g/mol. The lowest BCUT2D eigenvalue weighted by Crippen LogP contribution is -2.41. The monoisotopic (exact) mass is 597 g/mol. The summed E-state index contributed by atoms with van der Waals surface area (Å²) in [5.41, 5.74) is 6.20. The number of ether oxygens (including phenoxy) is 1. The number of piperidine rings is 1. The minimum absolute atomic E-state index is 0.0175. The van der Waals surface area contributed by atoms with Crippen molar-refractivity contribution in [3.05, 3.63) is 83.2 Å². The standard InChI is InChI=1S/C32H38F3N5O3/c1-20(28(36)41)25(18-21-8-6-5-7-9-21)27-26(32(33,34)35)19-37-29(39-27)38-24-12-10-22(11-13-24)23-14-16-40(17-15-23)30(42)43-31(2,3)4/h5-13,19-20,23,25H,14-18H2,1-4H3,(H2,36,41)(H,37,38,39). The maximum atomic E-state index is 14.1. The third-order valence-corrected chi connectivity index (χ3v) is 7.61. The number of amides is 2. The molecule has 0 spiro atoms. The van der Waals surface area contributed by atoms with Crippen LogP contribution in [0.4, 0.5) is 29.6 Å². The van der Waals surface area contributed by atoms with Crippen LogP contribution in [0.15, 0.2) is 60.8 Å². The fourth-order valence-corrected chi connectivity index (χ4v) is 5.22.